The van der Waals surface area contributed by atoms with Gasteiger partial charge in [-0.2, -0.15) is 5.26 Å². The molecule has 4 heteroatoms. The van der Waals surface area contributed by atoms with Crippen molar-refractivity contribution in [1.29, 1.82) is 5.26 Å². The van der Waals surface area contributed by atoms with E-state index in [2.05, 4.69) is 24.9 Å². The number of imidazole rings is 1. The summed E-state index contributed by atoms with van der Waals surface area (Å²) < 4.78 is 1.90. The lowest BCUT2D eigenvalue weighted by atomic mass is 10.1. The van der Waals surface area contributed by atoms with Gasteiger partial charge in [0.1, 0.15) is 0 Å². The quantitative estimate of drug-likeness (QED) is 0.800. The van der Waals surface area contributed by atoms with Gasteiger partial charge < -0.3 is 4.40 Å². The first-order valence-corrected chi connectivity index (χ1v) is 5.55. The van der Waals surface area contributed by atoms with Gasteiger partial charge in [0, 0.05) is 6.20 Å². The van der Waals surface area contributed by atoms with Crippen molar-refractivity contribution in [3.05, 3.63) is 34.7 Å². The molecule has 2 aromatic heterocycles. The van der Waals surface area contributed by atoms with Crippen LogP contribution in [0.2, 0.25) is 5.02 Å². The third kappa shape index (κ3) is 1.66. The Morgan fingerprint density at radius 2 is 2.31 bits per heavy atom. The number of aromatic nitrogens is 2. The summed E-state index contributed by atoms with van der Waals surface area (Å²) in [5, 5.41) is 9.47. The average Bonchev–Trinajstić information content (AvgIpc) is 2.60. The van der Waals surface area contributed by atoms with Crippen LogP contribution in [0, 0.1) is 11.3 Å². The lowest BCUT2D eigenvalue weighted by Gasteiger charge is -2.03. The maximum Gasteiger partial charge on any atom is 0.156 e. The number of rotatable bonds is 2. The van der Waals surface area contributed by atoms with Crippen molar-refractivity contribution < 1.29 is 0 Å². The van der Waals surface area contributed by atoms with Crippen LogP contribution in [0.3, 0.4) is 0 Å². The molecule has 0 unspecified atom stereocenters. The Labute approximate surface area is 99.3 Å². The third-order valence-corrected chi connectivity index (χ3v) is 2.82. The monoisotopic (exact) mass is 233 g/mol. The molecule has 0 spiro atoms. The molecule has 3 nitrogen and oxygen atoms in total. The minimum absolute atomic E-state index is 0.291. The Kier molecular flexibility index (Phi) is 2.84. The summed E-state index contributed by atoms with van der Waals surface area (Å²) in [5.74, 6) is 0.291. The number of hydrogen-bond donors (Lipinski definition) is 0. The molecule has 2 heterocycles. The molecular formula is C12H12ClN3. The van der Waals surface area contributed by atoms with E-state index < -0.39 is 0 Å². The molecule has 82 valence electrons. The van der Waals surface area contributed by atoms with Crippen LogP contribution in [-0.4, -0.2) is 9.38 Å². The van der Waals surface area contributed by atoms with Crippen LogP contribution < -0.4 is 0 Å². The van der Waals surface area contributed by atoms with Crippen LogP contribution in [0.15, 0.2) is 18.3 Å². The van der Waals surface area contributed by atoms with E-state index in [0.717, 1.165) is 17.0 Å². The minimum Gasteiger partial charge on any atom is -0.301 e. The van der Waals surface area contributed by atoms with Gasteiger partial charge in [-0.15, -0.1) is 0 Å². The smallest absolute Gasteiger partial charge is 0.156 e. The molecule has 0 aliphatic carbocycles. The van der Waals surface area contributed by atoms with Crippen LogP contribution in [-0.2, 0) is 6.42 Å². The number of nitrogens with zero attached hydrogens (tertiary/aromatic N) is 3. The van der Waals surface area contributed by atoms with E-state index in [1.54, 1.807) is 0 Å². The Balaban J connectivity index is 2.76. The molecule has 2 aromatic rings. The highest BCUT2D eigenvalue weighted by atomic mass is 35.5. The van der Waals surface area contributed by atoms with Crippen molar-refractivity contribution in [2.75, 3.05) is 0 Å². The summed E-state index contributed by atoms with van der Waals surface area (Å²) in [6.07, 6.45) is 2.25. The maximum absolute atomic E-state index is 8.85. The summed E-state index contributed by atoms with van der Waals surface area (Å²) in [7, 11) is 0. The normalized spacial score (nSPS) is 10.9. The summed E-state index contributed by atoms with van der Waals surface area (Å²) in [5.41, 5.74) is 2.63. The number of halogens is 1. The second kappa shape index (κ2) is 4.15. The summed E-state index contributed by atoms with van der Waals surface area (Å²) >= 11 is 6.08. The standard InChI is InChI=1S/C12H12ClN3/c1-8(2)11-10(5-6-14)16-7-3-4-9(13)12(16)15-11/h3-4,7-8H,5H2,1-2H3. The van der Waals surface area contributed by atoms with Crippen molar-refractivity contribution in [3.8, 4) is 6.07 Å². The molecule has 0 saturated heterocycles. The highest BCUT2D eigenvalue weighted by molar-refractivity contribution is 6.33. The summed E-state index contributed by atoms with van der Waals surface area (Å²) in [6, 6.07) is 5.85. The zero-order valence-electron chi connectivity index (χ0n) is 9.24. The van der Waals surface area contributed by atoms with Crippen molar-refractivity contribution in [2.24, 2.45) is 0 Å². The fourth-order valence-corrected chi connectivity index (χ4v) is 2.02. The van der Waals surface area contributed by atoms with Crippen molar-refractivity contribution in [3.63, 3.8) is 0 Å². The predicted octanol–water partition coefficient (Wildman–Crippen LogP) is 3.18. The van der Waals surface area contributed by atoms with Gasteiger partial charge in [0.25, 0.3) is 0 Å². The molecule has 0 amide bonds. The van der Waals surface area contributed by atoms with E-state index in [4.69, 9.17) is 16.9 Å². The van der Waals surface area contributed by atoms with E-state index in [1.165, 1.54) is 0 Å². The highest BCUT2D eigenvalue weighted by Gasteiger charge is 2.15. The maximum atomic E-state index is 8.85. The molecule has 0 bridgehead atoms. The van der Waals surface area contributed by atoms with E-state index >= 15 is 0 Å². The predicted molar refractivity (Wildman–Crippen MR) is 63.6 cm³/mol. The number of fused-ring (bicyclic) bond motifs is 1. The molecular weight excluding hydrogens is 222 g/mol. The molecule has 0 atom stereocenters. The van der Waals surface area contributed by atoms with E-state index in [-0.39, 0.29) is 0 Å². The van der Waals surface area contributed by atoms with Crippen LogP contribution in [0.25, 0.3) is 5.65 Å². The fraction of sp³-hybridized carbons (Fsp3) is 0.333. The van der Waals surface area contributed by atoms with Gasteiger partial charge in [-0.1, -0.05) is 25.4 Å². The molecule has 0 radical (unpaired) electrons. The minimum atomic E-state index is 0.291. The van der Waals surface area contributed by atoms with Gasteiger partial charge in [0.05, 0.1) is 28.9 Å². The number of hydrogen-bond acceptors (Lipinski definition) is 2. The van der Waals surface area contributed by atoms with Crippen LogP contribution in [0.1, 0.15) is 31.2 Å². The Hall–Kier alpha value is -1.53. The van der Waals surface area contributed by atoms with E-state index in [1.807, 2.05) is 22.7 Å². The van der Waals surface area contributed by atoms with Crippen molar-refractivity contribution in [2.45, 2.75) is 26.2 Å². The third-order valence-electron chi connectivity index (χ3n) is 2.53. The Bertz CT molecular complexity index is 563. The number of nitriles is 1. The molecule has 0 N–H and O–H groups in total. The van der Waals surface area contributed by atoms with Gasteiger partial charge in [0.15, 0.2) is 5.65 Å². The van der Waals surface area contributed by atoms with Crippen LogP contribution >= 0.6 is 11.6 Å². The van der Waals surface area contributed by atoms with Gasteiger partial charge >= 0.3 is 0 Å². The van der Waals surface area contributed by atoms with Crippen molar-refractivity contribution >= 4 is 17.2 Å². The molecule has 0 aromatic carbocycles. The SMILES string of the molecule is CC(C)c1nc2c(Cl)cccn2c1CC#N. The lowest BCUT2D eigenvalue weighted by molar-refractivity contribution is 0.814. The van der Waals surface area contributed by atoms with Gasteiger partial charge in [-0.05, 0) is 18.1 Å². The largest absolute Gasteiger partial charge is 0.301 e. The van der Waals surface area contributed by atoms with Gasteiger partial charge in [0.2, 0.25) is 0 Å². The molecule has 0 aliphatic heterocycles. The molecule has 0 fully saturated rings. The van der Waals surface area contributed by atoms with Crippen molar-refractivity contribution in [1.82, 2.24) is 9.38 Å². The average molecular weight is 234 g/mol. The molecule has 2 rings (SSSR count). The molecule has 16 heavy (non-hydrogen) atoms. The fourth-order valence-electron chi connectivity index (χ4n) is 1.81. The topological polar surface area (TPSA) is 41.1 Å². The first-order chi connectivity index (χ1) is 7.65. The van der Waals surface area contributed by atoms with E-state index in [9.17, 15) is 0 Å². The van der Waals surface area contributed by atoms with Crippen LogP contribution in [0.5, 0.6) is 0 Å². The summed E-state index contributed by atoms with van der Waals surface area (Å²) in [4.78, 5) is 4.51. The first-order valence-electron chi connectivity index (χ1n) is 5.17. The van der Waals surface area contributed by atoms with Crippen LogP contribution in [0.4, 0.5) is 0 Å². The second-order valence-corrected chi connectivity index (χ2v) is 4.39. The molecule has 0 aliphatic rings. The Morgan fingerprint density at radius 1 is 1.56 bits per heavy atom. The second-order valence-electron chi connectivity index (χ2n) is 3.98. The van der Waals surface area contributed by atoms with Gasteiger partial charge in [-0.25, -0.2) is 4.98 Å². The van der Waals surface area contributed by atoms with E-state index in [0.29, 0.717) is 17.4 Å². The zero-order valence-corrected chi connectivity index (χ0v) is 9.99. The molecule has 0 saturated carbocycles. The first kappa shape index (κ1) is 11.0. The highest BCUT2D eigenvalue weighted by Crippen LogP contribution is 2.24. The summed E-state index contributed by atoms with van der Waals surface area (Å²) in [6.45, 7) is 4.13. The van der Waals surface area contributed by atoms with Gasteiger partial charge in [-0.3, -0.25) is 0 Å². The zero-order chi connectivity index (χ0) is 11.7. The lowest BCUT2D eigenvalue weighted by Crippen LogP contribution is -1.97. The number of pyridine rings is 1. The Morgan fingerprint density at radius 3 is 2.94 bits per heavy atom.